The molecule has 2 saturated heterocycles. The highest BCUT2D eigenvalue weighted by Gasteiger charge is 2.42. The van der Waals surface area contributed by atoms with Crippen LogP contribution in [0, 0.1) is 5.41 Å². The van der Waals surface area contributed by atoms with Crippen LogP contribution in [0.25, 0.3) is 22.4 Å². The van der Waals surface area contributed by atoms with Gasteiger partial charge in [-0.05, 0) is 50.8 Å². The van der Waals surface area contributed by atoms with Crippen LogP contribution in [0.15, 0.2) is 35.4 Å². The van der Waals surface area contributed by atoms with E-state index in [0.717, 1.165) is 62.4 Å². The molecule has 12 heteroatoms. The van der Waals surface area contributed by atoms with Crippen molar-refractivity contribution in [3.8, 4) is 17.1 Å². The van der Waals surface area contributed by atoms with E-state index in [1.165, 1.54) is 12.4 Å². The highest BCUT2D eigenvalue weighted by atomic mass is 16.5. The van der Waals surface area contributed by atoms with E-state index in [-0.39, 0.29) is 11.0 Å². The summed E-state index contributed by atoms with van der Waals surface area (Å²) in [5.41, 5.74) is 9.23. The van der Waals surface area contributed by atoms with Crippen molar-refractivity contribution in [2.45, 2.75) is 39.5 Å². The second-order valence-electron chi connectivity index (χ2n) is 11.0. The van der Waals surface area contributed by atoms with Crippen LogP contribution in [-0.4, -0.2) is 68.4 Å². The van der Waals surface area contributed by atoms with Gasteiger partial charge in [0.1, 0.15) is 17.1 Å². The number of aromatic amines is 1. The Balaban J connectivity index is 1.29. The molecule has 0 bridgehead atoms. The van der Waals surface area contributed by atoms with Gasteiger partial charge in [-0.1, -0.05) is 6.92 Å². The van der Waals surface area contributed by atoms with E-state index in [0.29, 0.717) is 47.1 Å². The van der Waals surface area contributed by atoms with E-state index >= 15 is 0 Å². The maximum atomic E-state index is 13.1. The third-order valence-corrected chi connectivity index (χ3v) is 8.29. The van der Waals surface area contributed by atoms with Gasteiger partial charge in [0.05, 0.1) is 23.4 Å². The first kappa shape index (κ1) is 26.7. The molecule has 1 aromatic carbocycles. The van der Waals surface area contributed by atoms with Crippen molar-refractivity contribution in [3.05, 3.63) is 52.2 Å². The largest absolute Gasteiger partial charge is 0.493 e. The minimum absolute atomic E-state index is 0.0972. The molecular weight excluding hydrogens is 522 g/mol. The predicted octanol–water partition coefficient (Wildman–Crippen LogP) is 2.67. The molecule has 6 rings (SSSR count). The average molecular weight is 558 g/mol. The number of aromatic nitrogens is 6. The Morgan fingerprint density at radius 2 is 1.90 bits per heavy atom. The fourth-order valence-corrected chi connectivity index (χ4v) is 6.27. The normalized spacial score (nSPS) is 18.9. The van der Waals surface area contributed by atoms with Gasteiger partial charge in [0.15, 0.2) is 5.52 Å². The van der Waals surface area contributed by atoms with E-state index < -0.39 is 5.91 Å². The standard InChI is InChI=1S/C29H35N9O3/c1-4-21-23-24(36(3)35-21)27(40)34-26(33-23)20-13-19(7-8-22(20)41-5-2)37-12-10-29(16-37)9-6-11-38(17-29)28-31-14-18(15-32-28)25(30)39/h7-8,13-15H,4-6,9-12,16-17H2,1-3H3,(H2,30,39)(H,33,34,40). The van der Waals surface area contributed by atoms with Crippen LogP contribution in [0.4, 0.5) is 11.6 Å². The number of amides is 1. The molecule has 0 radical (unpaired) electrons. The number of rotatable bonds is 7. The monoisotopic (exact) mass is 557 g/mol. The number of nitrogens with zero attached hydrogens (tertiary/aromatic N) is 7. The van der Waals surface area contributed by atoms with Crippen molar-refractivity contribution in [3.63, 3.8) is 0 Å². The summed E-state index contributed by atoms with van der Waals surface area (Å²) in [5, 5.41) is 4.49. The number of fused-ring (bicyclic) bond motifs is 1. The summed E-state index contributed by atoms with van der Waals surface area (Å²) < 4.78 is 7.56. The van der Waals surface area contributed by atoms with E-state index in [2.05, 4.69) is 42.0 Å². The lowest BCUT2D eigenvalue weighted by molar-refractivity contribution is 0.0999. The van der Waals surface area contributed by atoms with E-state index in [9.17, 15) is 9.59 Å². The van der Waals surface area contributed by atoms with E-state index in [4.69, 9.17) is 15.5 Å². The molecule has 1 unspecified atom stereocenters. The maximum Gasteiger partial charge on any atom is 0.277 e. The second-order valence-corrected chi connectivity index (χ2v) is 11.0. The number of H-pyrrole nitrogens is 1. The topological polar surface area (TPSA) is 148 Å². The average Bonchev–Trinajstić information content (AvgIpc) is 3.53. The molecule has 0 saturated carbocycles. The van der Waals surface area contributed by atoms with Crippen LogP contribution < -0.4 is 25.8 Å². The number of anilines is 2. The smallest absolute Gasteiger partial charge is 0.277 e. The van der Waals surface area contributed by atoms with Crippen LogP contribution in [0.1, 0.15) is 49.2 Å². The quantitative estimate of drug-likeness (QED) is 0.350. The summed E-state index contributed by atoms with van der Waals surface area (Å²) in [6, 6.07) is 6.12. The van der Waals surface area contributed by atoms with Gasteiger partial charge in [0.25, 0.3) is 11.5 Å². The van der Waals surface area contributed by atoms with Crippen LogP contribution in [0.5, 0.6) is 5.75 Å². The molecule has 1 atom stereocenters. The lowest BCUT2D eigenvalue weighted by atomic mass is 9.79. The number of primary amides is 1. The van der Waals surface area contributed by atoms with Gasteiger partial charge >= 0.3 is 0 Å². The Labute approximate surface area is 237 Å². The van der Waals surface area contributed by atoms with Crippen LogP contribution in [-0.2, 0) is 13.5 Å². The number of ether oxygens (including phenoxy) is 1. The maximum absolute atomic E-state index is 13.1. The molecule has 4 aromatic rings. The number of carbonyl (C=O) groups is 1. The lowest BCUT2D eigenvalue weighted by Gasteiger charge is -2.40. The number of benzene rings is 1. The minimum atomic E-state index is -0.529. The molecule has 1 spiro atoms. The first-order valence-electron chi connectivity index (χ1n) is 14.2. The Hall–Kier alpha value is -4.48. The Bertz CT molecular complexity index is 1660. The molecule has 2 aliphatic heterocycles. The summed E-state index contributed by atoms with van der Waals surface area (Å²) in [5.74, 6) is 1.25. The molecule has 2 aliphatic rings. The second kappa shape index (κ2) is 10.5. The molecule has 2 fully saturated rings. The Kier molecular flexibility index (Phi) is 6.84. The van der Waals surface area contributed by atoms with Crippen LogP contribution in [0.2, 0.25) is 0 Å². The summed E-state index contributed by atoms with van der Waals surface area (Å²) in [6.07, 6.45) is 6.88. The number of hydrogen-bond acceptors (Lipinski definition) is 9. The summed E-state index contributed by atoms with van der Waals surface area (Å²) in [4.78, 5) is 45.8. The molecule has 5 heterocycles. The van der Waals surface area contributed by atoms with E-state index in [1.54, 1.807) is 11.7 Å². The van der Waals surface area contributed by atoms with Gasteiger partial charge in [-0.2, -0.15) is 5.10 Å². The highest BCUT2D eigenvalue weighted by molar-refractivity contribution is 5.92. The molecule has 3 aromatic heterocycles. The summed E-state index contributed by atoms with van der Waals surface area (Å²) in [6.45, 7) is 7.97. The van der Waals surface area contributed by atoms with Gasteiger partial charge in [0.2, 0.25) is 5.95 Å². The zero-order chi connectivity index (χ0) is 28.7. The molecule has 3 N–H and O–H groups in total. The van der Waals surface area contributed by atoms with Gasteiger partial charge in [0, 0.05) is 56.7 Å². The number of hydrogen-bond donors (Lipinski definition) is 2. The van der Waals surface area contributed by atoms with Crippen LogP contribution in [0.3, 0.4) is 0 Å². The highest BCUT2D eigenvalue weighted by Crippen LogP contribution is 2.42. The SMILES string of the molecule is CCOc1ccc(N2CCC3(CCCN(c4ncc(C(N)=O)cn4)C3)C2)cc1-c1nc2c(CC)nn(C)c2c(=O)[nH]1. The number of piperidine rings is 1. The number of aryl methyl sites for hydroxylation is 2. The zero-order valence-corrected chi connectivity index (χ0v) is 23.7. The first-order valence-corrected chi connectivity index (χ1v) is 14.2. The lowest BCUT2D eigenvalue weighted by Crippen LogP contribution is -2.45. The summed E-state index contributed by atoms with van der Waals surface area (Å²) >= 11 is 0. The molecule has 12 nitrogen and oxygen atoms in total. The van der Waals surface area contributed by atoms with Crippen molar-refractivity contribution in [2.75, 3.05) is 42.6 Å². The van der Waals surface area contributed by atoms with Crippen molar-refractivity contribution in [1.29, 1.82) is 0 Å². The van der Waals surface area contributed by atoms with Gasteiger partial charge in [-0.25, -0.2) is 15.0 Å². The number of carbonyl (C=O) groups excluding carboxylic acids is 1. The molecule has 214 valence electrons. The zero-order valence-electron chi connectivity index (χ0n) is 23.7. The van der Waals surface area contributed by atoms with Gasteiger partial charge in [-0.15, -0.1) is 0 Å². The minimum Gasteiger partial charge on any atom is -0.493 e. The third-order valence-electron chi connectivity index (χ3n) is 8.29. The predicted molar refractivity (Wildman–Crippen MR) is 156 cm³/mol. The van der Waals surface area contributed by atoms with Crippen molar-refractivity contribution >= 4 is 28.6 Å². The fourth-order valence-electron chi connectivity index (χ4n) is 6.27. The Morgan fingerprint density at radius 1 is 1.12 bits per heavy atom. The van der Waals surface area contributed by atoms with Crippen molar-refractivity contribution in [1.82, 2.24) is 29.7 Å². The summed E-state index contributed by atoms with van der Waals surface area (Å²) in [7, 11) is 1.77. The fraction of sp³-hybridized carbons (Fsp3) is 0.448. The van der Waals surface area contributed by atoms with Gasteiger partial charge < -0.3 is 25.3 Å². The van der Waals surface area contributed by atoms with Gasteiger partial charge in [-0.3, -0.25) is 14.3 Å². The van der Waals surface area contributed by atoms with E-state index in [1.807, 2.05) is 19.9 Å². The molecule has 1 amide bonds. The van der Waals surface area contributed by atoms with Crippen molar-refractivity contribution < 1.29 is 9.53 Å². The number of nitrogens with two attached hydrogens (primary N) is 1. The number of nitrogens with one attached hydrogen (secondary N) is 1. The Morgan fingerprint density at radius 3 is 2.63 bits per heavy atom. The van der Waals surface area contributed by atoms with Crippen molar-refractivity contribution in [2.24, 2.45) is 18.2 Å². The molecular formula is C29H35N9O3. The first-order chi connectivity index (χ1) is 19.8. The third kappa shape index (κ3) is 4.87. The molecule has 41 heavy (non-hydrogen) atoms. The molecule has 0 aliphatic carbocycles. The van der Waals surface area contributed by atoms with Crippen LogP contribution >= 0.6 is 0 Å².